The van der Waals surface area contributed by atoms with Crippen LogP contribution in [0.1, 0.15) is 12.6 Å². The predicted molar refractivity (Wildman–Crippen MR) is 50.3 cm³/mol. The van der Waals surface area contributed by atoms with Crippen LogP contribution in [-0.2, 0) is 4.79 Å². The molecule has 0 unspecified atom stereocenters. The Morgan fingerprint density at radius 2 is 2.36 bits per heavy atom. The third-order valence-electron chi connectivity index (χ3n) is 1.59. The maximum Gasteiger partial charge on any atom is 0.325 e. The van der Waals surface area contributed by atoms with Gasteiger partial charge in [-0.1, -0.05) is 0 Å². The zero-order valence-corrected chi connectivity index (χ0v) is 7.87. The number of aliphatic carboxylic acids is 1. The van der Waals surface area contributed by atoms with E-state index in [4.69, 9.17) is 5.11 Å². The quantitative estimate of drug-likeness (QED) is 0.632. The van der Waals surface area contributed by atoms with Gasteiger partial charge >= 0.3 is 5.97 Å². The molecule has 0 aliphatic carbocycles. The van der Waals surface area contributed by atoms with E-state index in [1.807, 2.05) is 0 Å². The number of nitrogens with one attached hydrogen (secondary N) is 2. The molecule has 0 saturated heterocycles. The van der Waals surface area contributed by atoms with Crippen molar-refractivity contribution in [2.45, 2.75) is 19.9 Å². The monoisotopic (exact) mass is 197 g/mol. The van der Waals surface area contributed by atoms with Crippen LogP contribution in [0.5, 0.6) is 0 Å². The van der Waals surface area contributed by atoms with E-state index in [9.17, 15) is 9.59 Å². The number of hydrogen-bond acceptors (Lipinski definition) is 4. The van der Waals surface area contributed by atoms with Crippen molar-refractivity contribution in [3.05, 3.63) is 22.1 Å². The Bertz CT molecular complexity index is 399. The molecular formula is C8H11N3O3. The molecule has 14 heavy (non-hydrogen) atoms. The van der Waals surface area contributed by atoms with Crippen LogP contribution >= 0.6 is 0 Å². The summed E-state index contributed by atoms with van der Waals surface area (Å²) in [5.74, 6) is -0.834. The number of rotatable bonds is 3. The molecule has 0 saturated carbocycles. The third kappa shape index (κ3) is 2.58. The minimum Gasteiger partial charge on any atom is -0.480 e. The molecule has 0 aromatic carbocycles. The first-order chi connectivity index (χ1) is 6.49. The predicted octanol–water partition coefficient (Wildman–Crippen LogP) is -0.0367. The first kappa shape index (κ1) is 10.2. The van der Waals surface area contributed by atoms with Gasteiger partial charge in [-0.05, 0) is 13.8 Å². The van der Waals surface area contributed by atoms with Crippen LogP contribution in [0.3, 0.4) is 0 Å². The summed E-state index contributed by atoms with van der Waals surface area (Å²) >= 11 is 0. The number of anilines is 1. The minimum absolute atomic E-state index is 0.171. The highest BCUT2D eigenvalue weighted by molar-refractivity contribution is 5.75. The Labute approximate surface area is 80.0 Å². The van der Waals surface area contributed by atoms with Gasteiger partial charge in [0, 0.05) is 11.8 Å². The van der Waals surface area contributed by atoms with Crippen LogP contribution in [0.4, 0.5) is 5.95 Å². The van der Waals surface area contributed by atoms with Crippen molar-refractivity contribution in [2.75, 3.05) is 5.32 Å². The molecule has 3 N–H and O–H groups in total. The maximum absolute atomic E-state index is 11.0. The second kappa shape index (κ2) is 3.91. The van der Waals surface area contributed by atoms with Gasteiger partial charge in [0.1, 0.15) is 6.04 Å². The molecule has 0 amide bonds. The van der Waals surface area contributed by atoms with Crippen LogP contribution in [0.15, 0.2) is 10.9 Å². The summed E-state index contributed by atoms with van der Waals surface area (Å²) in [5, 5.41) is 11.2. The molecule has 0 spiro atoms. The Morgan fingerprint density at radius 3 is 2.86 bits per heavy atom. The summed E-state index contributed by atoms with van der Waals surface area (Å²) in [5.41, 5.74) is 0.228. The van der Waals surface area contributed by atoms with E-state index >= 15 is 0 Å². The standard InChI is InChI=1S/C8H11N3O3/c1-4-3-6(12)11-8(9-4)10-5(2)7(13)14/h3,5H,1-2H3,(H,13,14)(H2,9,10,11,12)/t5-/m0/s1. The molecule has 6 heteroatoms. The number of aromatic nitrogens is 2. The lowest BCUT2D eigenvalue weighted by Crippen LogP contribution is -2.27. The molecule has 1 aromatic rings. The SMILES string of the molecule is Cc1cc(=O)[nH]c(N[C@@H](C)C(=O)O)n1. The number of carboxylic acids is 1. The fourth-order valence-corrected chi connectivity index (χ4v) is 0.914. The second-order valence-corrected chi connectivity index (χ2v) is 2.94. The Hall–Kier alpha value is -1.85. The lowest BCUT2D eigenvalue weighted by molar-refractivity contribution is -0.137. The molecule has 0 fully saturated rings. The Kier molecular flexibility index (Phi) is 2.85. The first-order valence-electron chi connectivity index (χ1n) is 4.06. The normalized spacial score (nSPS) is 12.1. The number of H-pyrrole nitrogens is 1. The number of aromatic amines is 1. The zero-order valence-electron chi connectivity index (χ0n) is 7.87. The smallest absolute Gasteiger partial charge is 0.325 e. The number of aryl methyl sites for hydroxylation is 1. The van der Waals surface area contributed by atoms with Gasteiger partial charge in [-0.15, -0.1) is 0 Å². The van der Waals surface area contributed by atoms with Crippen molar-refractivity contribution >= 4 is 11.9 Å². The van der Waals surface area contributed by atoms with Crippen molar-refractivity contribution in [1.82, 2.24) is 9.97 Å². The molecule has 6 nitrogen and oxygen atoms in total. The molecule has 1 aromatic heterocycles. The molecule has 0 bridgehead atoms. The average Bonchev–Trinajstić information content (AvgIpc) is 2.01. The summed E-state index contributed by atoms with van der Waals surface area (Å²) in [6.07, 6.45) is 0. The van der Waals surface area contributed by atoms with Crippen molar-refractivity contribution < 1.29 is 9.90 Å². The Balaban J connectivity index is 2.87. The van der Waals surface area contributed by atoms with Gasteiger partial charge in [0.2, 0.25) is 5.95 Å². The summed E-state index contributed by atoms with van der Waals surface area (Å²) in [6.45, 7) is 3.12. The van der Waals surface area contributed by atoms with Crippen LogP contribution < -0.4 is 10.9 Å². The fraction of sp³-hybridized carbons (Fsp3) is 0.375. The van der Waals surface area contributed by atoms with Gasteiger partial charge in [0.05, 0.1) is 0 Å². The highest BCUT2D eigenvalue weighted by Gasteiger charge is 2.11. The number of hydrogen-bond donors (Lipinski definition) is 3. The van der Waals surface area contributed by atoms with E-state index in [2.05, 4.69) is 15.3 Å². The van der Waals surface area contributed by atoms with E-state index in [1.165, 1.54) is 13.0 Å². The van der Waals surface area contributed by atoms with Crippen molar-refractivity contribution in [2.24, 2.45) is 0 Å². The minimum atomic E-state index is -1.01. The number of carboxylic acid groups (broad SMARTS) is 1. The van der Waals surface area contributed by atoms with Crippen LogP contribution in [-0.4, -0.2) is 27.1 Å². The molecule has 1 atom stereocenters. The maximum atomic E-state index is 11.0. The second-order valence-electron chi connectivity index (χ2n) is 2.94. The molecule has 0 aliphatic rings. The summed E-state index contributed by atoms with van der Waals surface area (Å²) < 4.78 is 0. The highest BCUT2D eigenvalue weighted by Crippen LogP contribution is 1.98. The molecule has 1 heterocycles. The first-order valence-corrected chi connectivity index (χ1v) is 4.06. The van der Waals surface area contributed by atoms with Gasteiger partial charge < -0.3 is 10.4 Å². The average molecular weight is 197 g/mol. The highest BCUT2D eigenvalue weighted by atomic mass is 16.4. The lowest BCUT2D eigenvalue weighted by atomic mass is 10.3. The van der Waals surface area contributed by atoms with Gasteiger partial charge in [-0.3, -0.25) is 14.6 Å². The molecule has 76 valence electrons. The van der Waals surface area contributed by atoms with E-state index in [-0.39, 0.29) is 11.5 Å². The summed E-state index contributed by atoms with van der Waals surface area (Å²) in [7, 11) is 0. The molecule has 0 radical (unpaired) electrons. The van der Waals surface area contributed by atoms with Crippen LogP contribution in [0.25, 0.3) is 0 Å². The van der Waals surface area contributed by atoms with Gasteiger partial charge in [-0.25, -0.2) is 4.98 Å². The van der Waals surface area contributed by atoms with Crippen LogP contribution in [0.2, 0.25) is 0 Å². The summed E-state index contributed by atoms with van der Waals surface area (Å²) in [4.78, 5) is 27.8. The van der Waals surface area contributed by atoms with E-state index < -0.39 is 12.0 Å². The van der Waals surface area contributed by atoms with Crippen LogP contribution in [0, 0.1) is 6.92 Å². The lowest BCUT2D eigenvalue weighted by Gasteiger charge is -2.09. The van der Waals surface area contributed by atoms with Gasteiger partial charge in [-0.2, -0.15) is 0 Å². The van der Waals surface area contributed by atoms with E-state index in [1.54, 1.807) is 6.92 Å². The van der Waals surface area contributed by atoms with Crippen molar-refractivity contribution in [1.29, 1.82) is 0 Å². The summed E-state index contributed by atoms with van der Waals surface area (Å²) in [6, 6.07) is 0.538. The zero-order chi connectivity index (χ0) is 10.7. The molecule has 1 rings (SSSR count). The van der Waals surface area contributed by atoms with Crippen molar-refractivity contribution in [3.63, 3.8) is 0 Å². The fourth-order valence-electron chi connectivity index (χ4n) is 0.914. The molecular weight excluding hydrogens is 186 g/mol. The van der Waals surface area contributed by atoms with Crippen molar-refractivity contribution in [3.8, 4) is 0 Å². The van der Waals surface area contributed by atoms with E-state index in [0.717, 1.165) is 0 Å². The largest absolute Gasteiger partial charge is 0.480 e. The third-order valence-corrected chi connectivity index (χ3v) is 1.59. The van der Waals surface area contributed by atoms with E-state index in [0.29, 0.717) is 5.69 Å². The van der Waals surface area contributed by atoms with Gasteiger partial charge in [0.25, 0.3) is 5.56 Å². The van der Waals surface area contributed by atoms with Gasteiger partial charge in [0.15, 0.2) is 0 Å². The Morgan fingerprint density at radius 1 is 1.71 bits per heavy atom. The topological polar surface area (TPSA) is 95.1 Å². The number of nitrogens with zero attached hydrogens (tertiary/aromatic N) is 1. The number of carbonyl (C=O) groups is 1. The molecule has 0 aliphatic heterocycles.